The first-order valence-corrected chi connectivity index (χ1v) is 9.40. The molecule has 0 fully saturated rings. The van der Waals surface area contributed by atoms with E-state index in [2.05, 4.69) is 15.3 Å². The summed E-state index contributed by atoms with van der Waals surface area (Å²) in [5.41, 5.74) is -1.38. The lowest BCUT2D eigenvalue weighted by molar-refractivity contribution is 0.0698. The predicted molar refractivity (Wildman–Crippen MR) is 110 cm³/mol. The summed E-state index contributed by atoms with van der Waals surface area (Å²) in [4.78, 5) is 31.8. The largest absolute Gasteiger partial charge is 0.465 e. The molecule has 0 spiro atoms. The van der Waals surface area contributed by atoms with E-state index in [-0.39, 0.29) is 28.2 Å². The quantitative estimate of drug-likeness (QED) is 0.390. The van der Waals surface area contributed by atoms with Crippen LogP contribution in [0.1, 0.15) is 21.5 Å². The number of nitrogens with one attached hydrogen (secondary N) is 2. The first-order valence-electron chi connectivity index (χ1n) is 9.40. The van der Waals surface area contributed by atoms with Crippen LogP contribution < -0.4 is 10.2 Å². The Bertz CT molecular complexity index is 1420. The van der Waals surface area contributed by atoms with Gasteiger partial charge in [-0.2, -0.15) is 0 Å². The molecule has 0 saturated heterocycles. The number of amides is 2. The van der Waals surface area contributed by atoms with Crippen LogP contribution in [0.4, 0.5) is 25.2 Å². The number of carbonyl (C=O) groups is 2. The minimum absolute atomic E-state index is 0.0347. The number of aliphatic hydroxyl groups is 1. The highest BCUT2D eigenvalue weighted by molar-refractivity contribution is 6.12. The van der Waals surface area contributed by atoms with E-state index in [4.69, 9.17) is 5.11 Å². The third-order valence-corrected chi connectivity index (χ3v) is 5.32. The van der Waals surface area contributed by atoms with Gasteiger partial charge in [0, 0.05) is 22.8 Å². The van der Waals surface area contributed by atoms with Crippen molar-refractivity contribution in [2.45, 2.75) is 5.72 Å². The van der Waals surface area contributed by atoms with E-state index in [1.807, 2.05) is 0 Å². The van der Waals surface area contributed by atoms with Crippen molar-refractivity contribution in [1.82, 2.24) is 9.97 Å². The van der Waals surface area contributed by atoms with Gasteiger partial charge >= 0.3 is 6.09 Å². The molecule has 3 aromatic carbocycles. The van der Waals surface area contributed by atoms with E-state index in [0.717, 1.165) is 23.1 Å². The van der Waals surface area contributed by atoms with Gasteiger partial charge < -0.3 is 15.2 Å². The van der Waals surface area contributed by atoms with Crippen LogP contribution in [0.2, 0.25) is 0 Å². The number of imidazole rings is 1. The summed E-state index contributed by atoms with van der Waals surface area (Å²) in [6, 6.07) is 13.3. The molecule has 10 heteroatoms. The van der Waals surface area contributed by atoms with Gasteiger partial charge in [0.05, 0.1) is 16.7 Å². The number of aromatic amines is 1. The van der Waals surface area contributed by atoms with Crippen LogP contribution in [0.25, 0.3) is 11.0 Å². The number of nitrogens with zero attached hydrogens (tertiary/aromatic N) is 2. The first-order chi connectivity index (χ1) is 15.3. The van der Waals surface area contributed by atoms with Crippen molar-refractivity contribution in [2.24, 2.45) is 0 Å². The van der Waals surface area contributed by atoms with Crippen LogP contribution in [0.5, 0.6) is 0 Å². The summed E-state index contributed by atoms with van der Waals surface area (Å²) in [7, 11) is 0. The summed E-state index contributed by atoms with van der Waals surface area (Å²) in [6.45, 7) is 0. The van der Waals surface area contributed by atoms with Crippen molar-refractivity contribution in [3.05, 3.63) is 89.0 Å². The van der Waals surface area contributed by atoms with Crippen molar-refractivity contribution in [3.63, 3.8) is 0 Å². The monoisotopic (exact) mass is 436 g/mol. The fraction of sp³-hybridized carbons (Fsp3) is 0.0455. The Hall–Kier alpha value is -4.31. The van der Waals surface area contributed by atoms with Gasteiger partial charge in [-0.25, -0.2) is 18.6 Å². The van der Waals surface area contributed by atoms with E-state index in [1.54, 1.807) is 12.1 Å². The van der Waals surface area contributed by atoms with Gasteiger partial charge in [-0.05, 0) is 30.3 Å². The lowest BCUT2D eigenvalue weighted by Crippen LogP contribution is -2.45. The third-order valence-electron chi connectivity index (χ3n) is 5.32. The standard InChI is InChI=1S/C22H14F2N4O4/c23-12-6-7-15(24)18(10-12)28-19(29)13-3-1-2-4-14(13)22(28,32)11-5-8-16-17(9-11)26-20(25-16)27-21(30)31/h1-10,32H,(H,30,31)(H2,25,26,27). The number of aromatic nitrogens is 2. The SMILES string of the molecule is O=C(O)Nc1nc2cc(C3(O)c4ccccc4C(=O)N3c3cc(F)ccc3F)ccc2[nH]1. The molecule has 1 aromatic heterocycles. The second kappa shape index (κ2) is 6.86. The van der Waals surface area contributed by atoms with Gasteiger partial charge in [-0.15, -0.1) is 0 Å². The normalized spacial score (nSPS) is 17.6. The zero-order chi connectivity index (χ0) is 22.6. The van der Waals surface area contributed by atoms with Gasteiger partial charge in [0.25, 0.3) is 5.91 Å². The molecule has 0 bridgehead atoms. The van der Waals surface area contributed by atoms with Crippen molar-refractivity contribution in [2.75, 3.05) is 10.2 Å². The molecule has 0 saturated carbocycles. The molecule has 1 unspecified atom stereocenters. The average molecular weight is 436 g/mol. The minimum Gasteiger partial charge on any atom is -0.465 e. The van der Waals surface area contributed by atoms with E-state index >= 15 is 0 Å². The molecular formula is C22H14F2N4O4. The molecule has 1 aliphatic rings. The predicted octanol–water partition coefficient (Wildman–Crippen LogP) is 3.78. The number of fused-ring (bicyclic) bond motifs is 2. The number of hydrogen-bond donors (Lipinski definition) is 4. The van der Waals surface area contributed by atoms with Gasteiger partial charge in [-0.3, -0.25) is 15.0 Å². The maximum atomic E-state index is 14.7. The molecule has 5 rings (SSSR count). The zero-order valence-electron chi connectivity index (χ0n) is 16.1. The number of benzene rings is 3. The van der Waals surface area contributed by atoms with Crippen LogP contribution in [-0.2, 0) is 5.72 Å². The summed E-state index contributed by atoms with van der Waals surface area (Å²) in [5, 5.41) is 22.9. The summed E-state index contributed by atoms with van der Waals surface area (Å²) >= 11 is 0. The number of H-pyrrole nitrogens is 1. The van der Waals surface area contributed by atoms with Crippen molar-refractivity contribution in [1.29, 1.82) is 0 Å². The smallest absolute Gasteiger partial charge is 0.411 e. The topological polar surface area (TPSA) is 119 Å². The Kier molecular flexibility index (Phi) is 4.21. The molecule has 4 aromatic rings. The van der Waals surface area contributed by atoms with Crippen molar-refractivity contribution >= 4 is 34.7 Å². The van der Waals surface area contributed by atoms with Crippen LogP contribution >= 0.6 is 0 Å². The van der Waals surface area contributed by atoms with Gasteiger partial charge in [-0.1, -0.05) is 24.3 Å². The lowest BCUT2D eigenvalue weighted by atomic mass is 9.93. The Balaban J connectivity index is 1.74. The third kappa shape index (κ3) is 2.81. The van der Waals surface area contributed by atoms with Gasteiger partial charge in [0.1, 0.15) is 11.6 Å². The number of rotatable bonds is 3. The Labute approximate surface area is 178 Å². The Morgan fingerprint density at radius 1 is 1.09 bits per heavy atom. The number of anilines is 2. The number of carboxylic acid groups (broad SMARTS) is 1. The highest BCUT2D eigenvalue weighted by Crippen LogP contribution is 2.46. The van der Waals surface area contributed by atoms with E-state index in [1.165, 1.54) is 30.3 Å². The highest BCUT2D eigenvalue weighted by atomic mass is 19.1. The lowest BCUT2D eigenvalue weighted by Gasteiger charge is -2.35. The summed E-state index contributed by atoms with van der Waals surface area (Å²) in [5.74, 6) is -2.41. The van der Waals surface area contributed by atoms with Crippen LogP contribution in [0, 0.1) is 11.6 Å². The van der Waals surface area contributed by atoms with Gasteiger partial charge in [0.15, 0.2) is 5.72 Å². The number of hydrogen-bond acceptors (Lipinski definition) is 4. The van der Waals surface area contributed by atoms with Crippen LogP contribution in [-0.4, -0.2) is 32.2 Å². The maximum Gasteiger partial charge on any atom is 0.411 e. The zero-order valence-corrected chi connectivity index (χ0v) is 16.1. The molecule has 160 valence electrons. The second-order valence-electron chi connectivity index (χ2n) is 7.20. The maximum absolute atomic E-state index is 14.7. The van der Waals surface area contributed by atoms with Crippen LogP contribution in [0.3, 0.4) is 0 Å². The average Bonchev–Trinajstić information content (AvgIpc) is 3.26. The molecule has 0 aliphatic carbocycles. The molecule has 0 radical (unpaired) electrons. The first kappa shape index (κ1) is 19.6. The molecule has 32 heavy (non-hydrogen) atoms. The van der Waals surface area contributed by atoms with Crippen molar-refractivity contribution in [3.8, 4) is 0 Å². The number of carbonyl (C=O) groups excluding carboxylic acids is 1. The fourth-order valence-electron chi connectivity index (χ4n) is 3.97. The molecular weight excluding hydrogens is 422 g/mol. The molecule has 2 heterocycles. The summed E-state index contributed by atoms with van der Waals surface area (Å²) in [6.07, 6.45) is -1.31. The van der Waals surface area contributed by atoms with E-state index in [9.17, 15) is 23.5 Å². The molecule has 8 nitrogen and oxygen atoms in total. The Morgan fingerprint density at radius 2 is 1.88 bits per heavy atom. The molecule has 2 amide bonds. The Morgan fingerprint density at radius 3 is 2.66 bits per heavy atom. The van der Waals surface area contributed by atoms with E-state index < -0.39 is 35.0 Å². The second-order valence-corrected chi connectivity index (χ2v) is 7.20. The molecule has 4 N–H and O–H groups in total. The highest BCUT2D eigenvalue weighted by Gasteiger charge is 2.51. The van der Waals surface area contributed by atoms with Gasteiger partial charge in [0.2, 0.25) is 5.95 Å². The number of halogens is 2. The van der Waals surface area contributed by atoms with Crippen LogP contribution in [0.15, 0.2) is 60.7 Å². The van der Waals surface area contributed by atoms with Crippen molar-refractivity contribution < 1.29 is 28.6 Å². The molecule has 1 atom stereocenters. The fourth-order valence-corrected chi connectivity index (χ4v) is 3.97. The minimum atomic E-state index is -2.17. The molecule has 1 aliphatic heterocycles. The summed E-state index contributed by atoms with van der Waals surface area (Å²) < 4.78 is 28.7. The van der Waals surface area contributed by atoms with E-state index in [0.29, 0.717) is 5.52 Å².